The van der Waals surface area contributed by atoms with Gasteiger partial charge in [0.2, 0.25) is 11.8 Å². The van der Waals surface area contributed by atoms with Gasteiger partial charge in [-0.3, -0.25) is 10.1 Å². The fourth-order valence-corrected chi connectivity index (χ4v) is 2.26. The Morgan fingerprint density at radius 1 is 1.26 bits per heavy atom. The number of aromatic nitrogens is 4. The lowest BCUT2D eigenvalue weighted by atomic mass is 10.2. The molecule has 3 rings (SSSR count). The molecule has 3 aromatic rings. The number of non-ortho nitro benzene ring substituents is 1. The van der Waals surface area contributed by atoms with E-state index in [9.17, 15) is 10.1 Å². The average Bonchev–Trinajstić information content (AvgIpc) is 3.17. The molecule has 0 unspecified atom stereocenters. The Hall–Kier alpha value is -3.03. The van der Waals surface area contributed by atoms with Crippen molar-refractivity contribution in [2.24, 2.45) is 0 Å². The van der Waals surface area contributed by atoms with Crippen molar-refractivity contribution < 1.29 is 9.34 Å². The lowest BCUT2D eigenvalue weighted by molar-refractivity contribution is -0.384. The second-order valence-corrected chi connectivity index (χ2v) is 5.37. The van der Waals surface area contributed by atoms with E-state index in [-0.39, 0.29) is 5.69 Å². The second-order valence-electron chi connectivity index (χ2n) is 5.37. The monoisotopic (exact) mass is 313 g/mol. The molecular formula is C15H15N5O3. The minimum absolute atomic E-state index is 0.0217. The van der Waals surface area contributed by atoms with Crippen molar-refractivity contribution in [3.05, 3.63) is 58.5 Å². The molecule has 118 valence electrons. The molecule has 2 heterocycles. The fraction of sp³-hybridized carbons (Fsp3) is 0.267. The van der Waals surface area contributed by atoms with Crippen LogP contribution in [-0.4, -0.2) is 24.7 Å². The molecule has 8 nitrogen and oxygen atoms in total. The Kier molecular flexibility index (Phi) is 3.88. The van der Waals surface area contributed by atoms with Gasteiger partial charge >= 0.3 is 0 Å². The van der Waals surface area contributed by atoms with Gasteiger partial charge in [0, 0.05) is 36.0 Å². The Morgan fingerprint density at radius 3 is 2.65 bits per heavy atom. The highest BCUT2D eigenvalue weighted by Gasteiger charge is 2.13. The van der Waals surface area contributed by atoms with Gasteiger partial charge in [-0.15, -0.1) is 10.2 Å². The van der Waals surface area contributed by atoms with Crippen molar-refractivity contribution >= 4 is 5.69 Å². The summed E-state index contributed by atoms with van der Waals surface area (Å²) in [6.07, 6.45) is 3.61. The molecule has 0 aliphatic carbocycles. The fourth-order valence-electron chi connectivity index (χ4n) is 2.26. The zero-order chi connectivity index (χ0) is 16.4. The van der Waals surface area contributed by atoms with Crippen molar-refractivity contribution in [2.75, 3.05) is 0 Å². The van der Waals surface area contributed by atoms with E-state index >= 15 is 0 Å². The zero-order valence-electron chi connectivity index (χ0n) is 12.7. The van der Waals surface area contributed by atoms with Crippen LogP contribution in [0.2, 0.25) is 0 Å². The molecular weight excluding hydrogens is 298 g/mol. The van der Waals surface area contributed by atoms with Gasteiger partial charge in [0.05, 0.1) is 4.92 Å². The molecule has 8 heteroatoms. The van der Waals surface area contributed by atoms with Crippen LogP contribution >= 0.6 is 0 Å². The van der Waals surface area contributed by atoms with Crippen LogP contribution in [0, 0.1) is 10.1 Å². The molecule has 23 heavy (non-hydrogen) atoms. The highest BCUT2D eigenvalue weighted by Crippen LogP contribution is 2.22. The third-order valence-corrected chi connectivity index (χ3v) is 3.36. The molecule has 0 atom stereocenters. The summed E-state index contributed by atoms with van der Waals surface area (Å²) in [6.45, 7) is 4.57. The van der Waals surface area contributed by atoms with Gasteiger partial charge in [0.15, 0.2) is 0 Å². The number of rotatable bonds is 5. The number of nitrogens with zero attached hydrogens (tertiary/aromatic N) is 5. The largest absolute Gasteiger partial charge is 0.419 e. The number of benzene rings is 1. The van der Waals surface area contributed by atoms with Crippen molar-refractivity contribution in [1.82, 2.24) is 19.7 Å². The third-order valence-electron chi connectivity index (χ3n) is 3.36. The van der Waals surface area contributed by atoms with Gasteiger partial charge in [-0.05, 0) is 12.1 Å². The van der Waals surface area contributed by atoms with E-state index in [1.807, 2.05) is 10.8 Å². The van der Waals surface area contributed by atoms with Crippen LogP contribution in [0.5, 0.6) is 0 Å². The molecule has 1 aromatic carbocycles. The quantitative estimate of drug-likeness (QED) is 0.530. The summed E-state index contributed by atoms with van der Waals surface area (Å²) in [5.74, 6) is 2.03. The number of nitro groups is 1. The van der Waals surface area contributed by atoms with Crippen molar-refractivity contribution in [3.63, 3.8) is 0 Å². The zero-order valence-corrected chi connectivity index (χ0v) is 12.7. The first-order valence-corrected chi connectivity index (χ1v) is 7.13. The number of imidazole rings is 1. The molecule has 0 amide bonds. The van der Waals surface area contributed by atoms with Crippen LogP contribution in [0.15, 0.2) is 41.1 Å². The summed E-state index contributed by atoms with van der Waals surface area (Å²) in [4.78, 5) is 14.5. The maximum absolute atomic E-state index is 10.7. The first-order valence-electron chi connectivity index (χ1n) is 7.13. The van der Waals surface area contributed by atoms with Crippen LogP contribution in [0.3, 0.4) is 0 Å². The van der Waals surface area contributed by atoms with Crippen LogP contribution in [0.4, 0.5) is 5.69 Å². The summed E-state index contributed by atoms with van der Waals surface area (Å²) in [5.41, 5.74) is 0.664. The first kappa shape index (κ1) is 14.9. The molecule has 0 bridgehead atoms. The lowest BCUT2D eigenvalue weighted by Gasteiger charge is -2.07. The Bertz CT molecular complexity index is 820. The summed E-state index contributed by atoms with van der Waals surface area (Å²) in [6, 6.07) is 6.00. The average molecular weight is 313 g/mol. The highest BCUT2D eigenvalue weighted by atomic mass is 16.6. The minimum atomic E-state index is -0.449. The first-order chi connectivity index (χ1) is 11.0. The Labute approximate surface area is 131 Å². The SMILES string of the molecule is CC(C)c1nccn1Cc1nnc(-c2ccc([N+](=O)[O-])cc2)o1. The summed E-state index contributed by atoms with van der Waals surface area (Å²) >= 11 is 0. The van der Waals surface area contributed by atoms with E-state index in [1.54, 1.807) is 18.3 Å². The topological polar surface area (TPSA) is 99.9 Å². The van der Waals surface area contributed by atoms with Crippen LogP contribution in [0.1, 0.15) is 31.5 Å². The molecule has 0 saturated carbocycles. The van der Waals surface area contributed by atoms with Crippen molar-refractivity contribution in [3.8, 4) is 11.5 Å². The van der Waals surface area contributed by atoms with Crippen molar-refractivity contribution in [2.45, 2.75) is 26.3 Å². The lowest BCUT2D eigenvalue weighted by Crippen LogP contribution is -2.06. The van der Waals surface area contributed by atoms with E-state index in [2.05, 4.69) is 29.0 Å². The maximum atomic E-state index is 10.7. The molecule has 0 radical (unpaired) electrons. The predicted octanol–water partition coefficient (Wildman–Crippen LogP) is 3.01. The van der Waals surface area contributed by atoms with Crippen molar-refractivity contribution in [1.29, 1.82) is 0 Å². The highest BCUT2D eigenvalue weighted by molar-refractivity contribution is 5.55. The smallest absolute Gasteiger partial charge is 0.269 e. The normalized spacial score (nSPS) is 11.1. The summed E-state index contributed by atoms with van der Waals surface area (Å²) in [5, 5.41) is 18.7. The molecule has 2 aromatic heterocycles. The number of hydrogen-bond acceptors (Lipinski definition) is 6. The van der Waals surface area contributed by atoms with Crippen LogP contribution in [0.25, 0.3) is 11.5 Å². The van der Waals surface area contributed by atoms with E-state index in [0.29, 0.717) is 29.8 Å². The Balaban J connectivity index is 1.80. The summed E-state index contributed by atoms with van der Waals surface area (Å²) in [7, 11) is 0. The molecule has 0 aliphatic heterocycles. The van der Waals surface area contributed by atoms with Gasteiger partial charge in [-0.2, -0.15) is 0 Å². The maximum Gasteiger partial charge on any atom is 0.269 e. The number of nitro benzene ring substituents is 1. The molecule has 0 spiro atoms. The van der Waals surface area contributed by atoms with Gasteiger partial charge in [0.25, 0.3) is 5.69 Å². The molecule has 0 fully saturated rings. The molecule has 0 N–H and O–H groups in total. The summed E-state index contributed by atoms with van der Waals surface area (Å²) < 4.78 is 7.59. The van der Waals surface area contributed by atoms with E-state index in [0.717, 1.165) is 5.82 Å². The van der Waals surface area contributed by atoms with E-state index in [1.165, 1.54) is 12.1 Å². The minimum Gasteiger partial charge on any atom is -0.419 e. The molecule has 0 aliphatic rings. The van der Waals surface area contributed by atoms with Gasteiger partial charge in [-0.25, -0.2) is 4.98 Å². The predicted molar refractivity (Wildman–Crippen MR) is 81.8 cm³/mol. The van der Waals surface area contributed by atoms with Crippen LogP contribution < -0.4 is 0 Å². The molecule has 0 saturated heterocycles. The number of hydrogen-bond donors (Lipinski definition) is 0. The Morgan fingerprint density at radius 2 is 2.00 bits per heavy atom. The third kappa shape index (κ3) is 3.10. The van der Waals surface area contributed by atoms with E-state index < -0.39 is 4.92 Å². The van der Waals surface area contributed by atoms with Gasteiger partial charge < -0.3 is 8.98 Å². The van der Waals surface area contributed by atoms with Gasteiger partial charge in [0.1, 0.15) is 12.4 Å². The van der Waals surface area contributed by atoms with E-state index in [4.69, 9.17) is 4.42 Å². The standard InChI is InChI=1S/C15H15N5O3/c1-10(2)14-16-7-8-19(14)9-13-17-18-15(23-13)11-3-5-12(6-4-11)20(21)22/h3-8,10H,9H2,1-2H3. The van der Waals surface area contributed by atoms with Crippen LogP contribution in [-0.2, 0) is 6.54 Å². The second kappa shape index (κ2) is 5.99. The van der Waals surface area contributed by atoms with Gasteiger partial charge in [-0.1, -0.05) is 13.8 Å².